The number of carbonyl (C=O) groups excluding carboxylic acids is 1. The molecule has 4 rings (SSSR count). The zero-order valence-corrected chi connectivity index (χ0v) is 19.7. The van der Waals surface area contributed by atoms with Crippen molar-refractivity contribution in [3.8, 4) is 11.5 Å². The van der Waals surface area contributed by atoms with Crippen LogP contribution < -0.4 is 10.1 Å². The molecule has 0 saturated carbocycles. The highest BCUT2D eigenvalue weighted by molar-refractivity contribution is 6.35. The van der Waals surface area contributed by atoms with Crippen molar-refractivity contribution >= 4 is 28.4 Å². The fourth-order valence-corrected chi connectivity index (χ4v) is 4.00. The lowest BCUT2D eigenvalue weighted by atomic mass is 10.0. The van der Waals surface area contributed by atoms with Gasteiger partial charge in [-0.1, -0.05) is 29.8 Å². The number of nitrogens with zero attached hydrogens (tertiary/aromatic N) is 2. The van der Waals surface area contributed by atoms with Crippen molar-refractivity contribution in [2.45, 2.75) is 19.0 Å². The van der Waals surface area contributed by atoms with E-state index >= 15 is 0 Å². The van der Waals surface area contributed by atoms with Crippen LogP contribution in [0.4, 0.5) is 0 Å². The SMILES string of the molecule is CN(C)Cc1ccc(C(Cc2cc(Cl)c3cccnc3c2O)NC(=O)COc2ccccc2)o1. The van der Waals surface area contributed by atoms with Gasteiger partial charge in [0.25, 0.3) is 5.91 Å². The summed E-state index contributed by atoms with van der Waals surface area (Å²) >= 11 is 6.46. The Hall–Kier alpha value is -3.55. The minimum absolute atomic E-state index is 0.0276. The maximum absolute atomic E-state index is 12.8. The fraction of sp³-hybridized carbons (Fsp3) is 0.231. The van der Waals surface area contributed by atoms with Crippen molar-refractivity contribution in [1.29, 1.82) is 0 Å². The Bertz CT molecular complexity index is 1270. The Balaban J connectivity index is 1.59. The van der Waals surface area contributed by atoms with Crippen LogP contribution in [0, 0.1) is 0 Å². The van der Waals surface area contributed by atoms with E-state index in [4.69, 9.17) is 20.8 Å². The van der Waals surface area contributed by atoms with Gasteiger partial charge in [0.2, 0.25) is 0 Å². The van der Waals surface area contributed by atoms with Gasteiger partial charge < -0.3 is 24.5 Å². The summed E-state index contributed by atoms with van der Waals surface area (Å²) in [6, 6.07) is 17.5. The molecule has 8 heteroatoms. The Morgan fingerprint density at radius 1 is 1.18 bits per heavy atom. The molecule has 0 radical (unpaired) electrons. The molecule has 0 bridgehead atoms. The maximum Gasteiger partial charge on any atom is 0.258 e. The molecule has 2 heterocycles. The number of hydrogen-bond acceptors (Lipinski definition) is 6. The molecule has 34 heavy (non-hydrogen) atoms. The number of aromatic nitrogens is 1. The first-order chi connectivity index (χ1) is 16.4. The molecule has 7 nitrogen and oxygen atoms in total. The highest BCUT2D eigenvalue weighted by atomic mass is 35.5. The molecule has 2 aromatic carbocycles. The lowest BCUT2D eigenvalue weighted by Gasteiger charge is -2.19. The molecule has 1 atom stereocenters. The number of aromatic hydroxyl groups is 1. The van der Waals surface area contributed by atoms with E-state index < -0.39 is 6.04 Å². The van der Waals surface area contributed by atoms with Crippen molar-refractivity contribution < 1.29 is 19.1 Å². The second-order valence-electron chi connectivity index (χ2n) is 8.23. The minimum atomic E-state index is -0.550. The molecule has 0 spiro atoms. The molecule has 1 unspecified atom stereocenters. The first-order valence-electron chi connectivity index (χ1n) is 10.9. The largest absolute Gasteiger partial charge is 0.505 e. The van der Waals surface area contributed by atoms with Crippen LogP contribution in [0.5, 0.6) is 11.5 Å². The second-order valence-corrected chi connectivity index (χ2v) is 8.64. The van der Waals surface area contributed by atoms with Crippen molar-refractivity contribution in [3.63, 3.8) is 0 Å². The maximum atomic E-state index is 12.8. The third kappa shape index (κ3) is 5.68. The highest BCUT2D eigenvalue weighted by Crippen LogP contribution is 2.35. The third-order valence-corrected chi connectivity index (χ3v) is 5.58. The van der Waals surface area contributed by atoms with Crippen LogP contribution in [0.2, 0.25) is 5.02 Å². The number of benzene rings is 2. The number of phenolic OH excluding ortho intramolecular Hbond substituents is 1. The summed E-state index contributed by atoms with van der Waals surface area (Å²) in [4.78, 5) is 19.0. The third-order valence-electron chi connectivity index (χ3n) is 5.26. The zero-order valence-electron chi connectivity index (χ0n) is 19.0. The molecule has 1 amide bonds. The van der Waals surface area contributed by atoms with Crippen molar-refractivity contribution in [2.24, 2.45) is 0 Å². The number of carbonyl (C=O) groups is 1. The van der Waals surface area contributed by atoms with E-state index in [1.54, 1.807) is 36.5 Å². The second kappa shape index (κ2) is 10.6. The molecular formula is C26H26ClN3O4. The van der Waals surface area contributed by atoms with Crippen LogP contribution in [0.15, 0.2) is 71.3 Å². The average molecular weight is 480 g/mol. The Morgan fingerprint density at radius 3 is 2.74 bits per heavy atom. The normalized spacial score (nSPS) is 12.1. The van der Waals surface area contributed by atoms with E-state index in [-0.39, 0.29) is 24.7 Å². The van der Waals surface area contributed by atoms with Crippen molar-refractivity contribution in [2.75, 3.05) is 20.7 Å². The molecule has 0 aliphatic rings. The Kier molecular flexibility index (Phi) is 7.35. The monoisotopic (exact) mass is 479 g/mol. The topological polar surface area (TPSA) is 87.8 Å². The van der Waals surface area contributed by atoms with E-state index in [1.807, 2.05) is 49.3 Å². The summed E-state index contributed by atoms with van der Waals surface area (Å²) in [5.41, 5.74) is 0.964. The standard InChI is InChI=1S/C26H26ClN3O4/c1-30(2)15-19-10-11-23(34-19)22(29-24(31)16-33-18-7-4-3-5-8-18)14-17-13-21(27)20-9-6-12-28-25(20)26(17)32/h3-13,22,32H,14-16H2,1-2H3,(H,29,31). The molecule has 2 aromatic heterocycles. The van der Waals surface area contributed by atoms with Gasteiger partial charge in [0, 0.05) is 23.6 Å². The van der Waals surface area contributed by atoms with Crippen LogP contribution in [0.1, 0.15) is 23.1 Å². The molecule has 0 aliphatic heterocycles. The van der Waals surface area contributed by atoms with E-state index in [2.05, 4.69) is 10.3 Å². The van der Waals surface area contributed by atoms with E-state index in [9.17, 15) is 9.90 Å². The predicted molar refractivity (Wildman–Crippen MR) is 131 cm³/mol. The molecular weight excluding hydrogens is 454 g/mol. The smallest absolute Gasteiger partial charge is 0.258 e. The quantitative estimate of drug-likeness (QED) is 0.361. The summed E-state index contributed by atoms with van der Waals surface area (Å²) in [5.74, 6) is 1.65. The number of ether oxygens (including phenoxy) is 1. The van der Waals surface area contributed by atoms with Gasteiger partial charge in [-0.05, 0) is 56.6 Å². The fourth-order valence-electron chi connectivity index (χ4n) is 3.72. The Labute approximate surface area is 202 Å². The lowest BCUT2D eigenvalue weighted by Crippen LogP contribution is -2.33. The van der Waals surface area contributed by atoms with Crippen molar-refractivity contribution in [1.82, 2.24) is 15.2 Å². The van der Waals surface area contributed by atoms with Crippen LogP contribution in [0.3, 0.4) is 0 Å². The highest BCUT2D eigenvalue weighted by Gasteiger charge is 2.23. The number of fused-ring (bicyclic) bond motifs is 1. The number of nitrogens with one attached hydrogen (secondary N) is 1. The van der Waals surface area contributed by atoms with Gasteiger partial charge in [-0.25, -0.2) is 0 Å². The number of furan rings is 1. The summed E-state index contributed by atoms with van der Waals surface area (Å²) in [6.07, 6.45) is 1.85. The first-order valence-corrected chi connectivity index (χ1v) is 11.2. The number of pyridine rings is 1. The number of hydrogen-bond donors (Lipinski definition) is 2. The summed E-state index contributed by atoms with van der Waals surface area (Å²) in [5, 5.41) is 15.0. The lowest BCUT2D eigenvalue weighted by molar-refractivity contribution is -0.124. The van der Waals surface area contributed by atoms with E-state index in [0.717, 1.165) is 5.76 Å². The minimum Gasteiger partial charge on any atom is -0.505 e. The number of amides is 1. The van der Waals surface area contributed by atoms with Gasteiger partial charge in [0.1, 0.15) is 28.5 Å². The van der Waals surface area contributed by atoms with Gasteiger partial charge in [0.05, 0.1) is 17.6 Å². The number of halogens is 1. The van der Waals surface area contributed by atoms with E-state index in [0.29, 0.717) is 39.5 Å². The summed E-state index contributed by atoms with van der Waals surface area (Å²) in [7, 11) is 3.90. The van der Waals surface area contributed by atoms with Gasteiger partial charge >= 0.3 is 0 Å². The van der Waals surface area contributed by atoms with Gasteiger partial charge in [-0.3, -0.25) is 9.78 Å². The van der Waals surface area contributed by atoms with Gasteiger partial charge in [0.15, 0.2) is 6.61 Å². The molecule has 0 fully saturated rings. The van der Waals surface area contributed by atoms with Crippen LogP contribution in [-0.2, 0) is 17.8 Å². The number of phenols is 1. The molecule has 0 saturated heterocycles. The summed E-state index contributed by atoms with van der Waals surface area (Å²) in [6.45, 7) is 0.465. The molecule has 4 aromatic rings. The van der Waals surface area contributed by atoms with Crippen LogP contribution in [-0.4, -0.2) is 41.6 Å². The average Bonchev–Trinajstić information content (AvgIpc) is 3.29. The zero-order chi connectivity index (χ0) is 24.1. The van der Waals surface area contributed by atoms with Crippen LogP contribution >= 0.6 is 11.6 Å². The molecule has 0 aliphatic carbocycles. The van der Waals surface area contributed by atoms with E-state index in [1.165, 1.54) is 0 Å². The number of para-hydroxylation sites is 1. The number of rotatable bonds is 9. The van der Waals surface area contributed by atoms with Crippen LogP contribution in [0.25, 0.3) is 10.9 Å². The summed E-state index contributed by atoms with van der Waals surface area (Å²) < 4.78 is 11.6. The van der Waals surface area contributed by atoms with Gasteiger partial charge in [-0.15, -0.1) is 0 Å². The first kappa shape index (κ1) is 23.6. The molecule has 176 valence electrons. The van der Waals surface area contributed by atoms with Gasteiger partial charge in [-0.2, -0.15) is 0 Å². The molecule has 2 N–H and O–H groups in total. The predicted octanol–water partition coefficient (Wildman–Crippen LogP) is 4.73. The van der Waals surface area contributed by atoms with Crippen molar-refractivity contribution in [3.05, 3.63) is 89.0 Å². The Morgan fingerprint density at radius 2 is 1.97 bits per heavy atom.